The lowest BCUT2D eigenvalue weighted by molar-refractivity contribution is 0.0701. The number of hydrogen-bond donors (Lipinski definition) is 2. The zero-order valence-electron chi connectivity index (χ0n) is 14.0. The van der Waals surface area contributed by atoms with Crippen molar-refractivity contribution < 1.29 is 18.7 Å². The molecule has 0 aliphatic carbocycles. The third kappa shape index (κ3) is 5.06. The Kier molecular flexibility index (Phi) is 6.05. The van der Waals surface area contributed by atoms with E-state index in [4.69, 9.17) is 20.8 Å². The number of halogens is 1. The number of benzene rings is 2. The fraction of sp³-hybridized carbons (Fsp3) is 0.0526. The van der Waals surface area contributed by atoms with Gasteiger partial charge in [-0.05, 0) is 54.1 Å². The average Bonchev–Trinajstić information content (AvgIpc) is 3.21. The Bertz CT molecular complexity index is 929. The van der Waals surface area contributed by atoms with Crippen LogP contribution in [0.15, 0.2) is 71.3 Å². The van der Waals surface area contributed by atoms with Gasteiger partial charge in [-0.25, -0.2) is 13.9 Å². The third-order valence-electron chi connectivity index (χ3n) is 3.54. The maximum absolute atomic E-state index is 12.2. The summed E-state index contributed by atoms with van der Waals surface area (Å²) in [5, 5.41) is 3.35. The van der Waals surface area contributed by atoms with E-state index in [0.717, 1.165) is 9.87 Å². The van der Waals surface area contributed by atoms with Gasteiger partial charge in [0.1, 0.15) is 5.75 Å². The van der Waals surface area contributed by atoms with E-state index in [1.807, 2.05) is 12.1 Å². The zero-order valence-corrected chi connectivity index (χ0v) is 15.6. The smallest absolute Gasteiger partial charge is 0.379 e. The van der Waals surface area contributed by atoms with Gasteiger partial charge in [0, 0.05) is 11.6 Å². The van der Waals surface area contributed by atoms with Crippen LogP contribution < -0.4 is 14.4 Å². The molecule has 3 rings (SSSR count). The van der Waals surface area contributed by atoms with Crippen LogP contribution in [0.2, 0.25) is 5.02 Å². The van der Waals surface area contributed by atoms with E-state index >= 15 is 0 Å². The molecule has 0 saturated heterocycles. The van der Waals surface area contributed by atoms with Crippen LogP contribution in [0.3, 0.4) is 0 Å². The first-order chi connectivity index (χ1) is 13.0. The Morgan fingerprint density at radius 1 is 1.11 bits per heavy atom. The summed E-state index contributed by atoms with van der Waals surface area (Å²) in [5.41, 5.74) is 1.39. The Morgan fingerprint density at radius 3 is 2.56 bits per heavy atom. The molecule has 6 nitrogen and oxygen atoms in total. The summed E-state index contributed by atoms with van der Waals surface area (Å²) < 4.78 is 11.3. The number of thiol groups is 1. The summed E-state index contributed by atoms with van der Waals surface area (Å²) in [7, 11) is 0. The number of amides is 2. The molecule has 0 spiro atoms. The number of nitrogens with zero attached hydrogens (tertiary/aromatic N) is 1. The van der Waals surface area contributed by atoms with E-state index in [2.05, 4.69) is 18.1 Å². The molecule has 3 aromatic rings. The average molecular weight is 403 g/mol. The number of carbonyl (C=O) groups excluding carboxylic acids is 2. The molecular weight excluding hydrogens is 388 g/mol. The minimum absolute atomic E-state index is 0.107. The number of carbonyl (C=O) groups is 2. The van der Waals surface area contributed by atoms with Crippen molar-refractivity contribution in [1.29, 1.82) is 0 Å². The maximum Gasteiger partial charge on any atom is 0.379 e. The lowest BCUT2D eigenvalue weighted by Crippen LogP contribution is -2.33. The molecule has 0 atom stereocenters. The van der Waals surface area contributed by atoms with Crippen molar-refractivity contribution in [2.45, 2.75) is 6.54 Å². The highest BCUT2D eigenvalue weighted by Crippen LogP contribution is 2.22. The minimum atomic E-state index is -0.602. The molecule has 27 heavy (non-hydrogen) atoms. The largest absolute Gasteiger partial charge is 0.457 e. The number of furan rings is 1. The predicted molar refractivity (Wildman–Crippen MR) is 105 cm³/mol. The standard InChI is InChI=1S/C19H15ClN2O4S/c20-14-4-1-3-13(11-14)12-21-19(24)22(27)15-6-8-16(9-7-15)26-18(23)17-5-2-10-25-17/h1-11,27H,12H2,(H,21,24). The number of esters is 1. The number of hydrogen-bond acceptors (Lipinski definition) is 5. The summed E-state index contributed by atoms with van der Waals surface area (Å²) in [6.45, 7) is 0.315. The van der Waals surface area contributed by atoms with Crippen molar-refractivity contribution in [2.24, 2.45) is 0 Å². The van der Waals surface area contributed by atoms with Gasteiger partial charge in [-0.3, -0.25) is 0 Å². The second kappa shape index (κ2) is 8.66. The molecular formula is C19H15ClN2O4S. The van der Waals surface area contributed by atoms with Crippen molar-refractivity contribution in [2.75, 3.05) is 4.31 Å². The Hall–Kier alpha value is -2.90. The van der Waals surface area contributed by atoms with Gasteiger partial charge >= 0.3 is 12.0 Å². The SMILES string of the molecule is O=C(Oc1ccc(N(S)C(=O)NCc2cccc(Cl)c2)cc1)c1ccco1. The Morgan fingerprint density at radius 2 is 1.89 bits per heavy atom. The van der Waals surface area contributed by atoms with Crippen LogP contribution in [0.5, 0.6) is 5.75 Å². The predicted octanol–water partition coefficient (Wildman–Crippen LogP) is 4.71. The van der Waals surface area contributed by atoms with Gasteiger partial charge in [0.25, 0.3) is 0 Å². The molecule has 2 aromatic carbocycles. The highest BCUT2D eigenvalue weighted by Gasteiger charge is 2.14. The molecule has 2 amide bonds. The van der Waals surface area contributed by atoms with Crippen LogP contribution in [0, 0.1) is 0 Å². The van der Waals surface area contributed by atoms with Crippen LogP contribution in [-0.4, -0.2) is 12.0 Å². The van der Waals surface area contributed by atoms with Crippen LogP contribution in [0.25, 0.3) is 0 Å². The van der Waals surface area contributed by atoms with Gasteiger partial charge in [-0.2, -0.15) is 0 Å². The number of ether oxygens (including phenoxy) is 1. The van der Waals surface area contributed by atoms with Gasteiger partial charge in [-0.15, -0.1) is 0 Å². The van der Waals surface area contributed by atoms with Crippen molar-refractivity contribution in [3.63, 3.8) is 0 Å². The number of rotatable bonds is 5. The van der Waals surface area contributed by atoms with Crippen LogP contribution in [0.4, 0.5) is 10.5 Å². The van der Waals surface area contributed by atoms with Gasteiger partial charge < -0.3 is 14.5 Å². The summed E-state index contributed by atoms with van der Waals surface area (Å²) in [4.78, 5) is 24.1. The van der Waals surface area contributed by atoms with Crippen molar-refractivity contribution in [3.05, 3.63) is 83.3 Å². The van der Waals surface area contributed by atoms with Crippen molar-refractivity contribution >= 4 is 42.1 Å². The fourth-order valence-electron chi connectivity index (χ4n) is 2.22. The van der Waals surface area contributed by atoms with Crippen LogP contribution in [0.1, 0.15) is 16.1 Å². The molecule has 138 valence electrons. The van der Waals surface area contributed by atoms with Crippen LogP contribution >= 0.6 is 24.4 Å². The monoisotopic (exact) mass is 402 g/mol. The first kappa shape index (κ1) is 18.9. The number of anilines is 1. The second-order valence-corrected chi connectivity index (χ2v) is 6.30. The molecule has 0 radical (unpaired) electrons. The van der Waals surface area contributed by atoms with Gasteiger partial charge in [0.2, 0.25) is 5.76 Å². The lowest BCUT2D eigenvalue weighted by atomic mass is 10.2. The summed E-state index contributed by atoms with van der Waals surface area (Å²) in [6, 6.07) is 16.2. The molecule has 0 bridgehead atoms. The summed E-state index contributed by atoms with van der Waals surface area (Å²) >= 11 is 10.1. The Balaban J connectivity index is 1.57. The van der Waals surface area contributed by atoms with E-state index in [0.29, 0.717) is 23.0 Å². The van der Waals surface area contributed by atoms with E-state index in [1.165, 1.54) is 12.3 Å². The lowest BCUT2D eigenvalue weighted by Gasteiger charge is -2.17. The van der Waals surface area contributed by atoms with Gasteiger partial charge in [0.15, 0.2) is 0 Å². The van der Waals surface area contributed by atoms with E-state index < -0.39 is 12.0 Å². The van der Waals surface area contributed by atoms with Crippen LogP contribution in [-0.2, 0) is 6.54 Å². The molecule has 1 heterocycles. The molecule has 0 aliphatic rings. The first-order valence-electron chi connectivity index (χ1n) is 7.90. The highest BCUT2D eigenvalue weighted by atomic mass is 35.5. The molecule has 0 unspecified atom stereocenters. The molecule has 0 aliphatic heterocycles. The third-order valence-corrected chi connectivity index (χ3v) is 4.19. The fourth-order valence-corrected chi connectivity index (χ4v) is 2.64. The highest BCUT2D eigenvalue weighted by molar-refractivity contribution is 7.82. The van der Waals surface area contributed by atoms with E-state index in [9.17, 15) is 9.59 Å². The summed E-state index contributed by atoms with van der Waals surface area (Å²) in [5.74, 6) is -0.175. The number of urea groups is 1. The maximum atomic E-state index is 12.2. The Labute approximate surface area is 166 Å². The molecule has 1 aromatic heterocycles. The second-order valence-electron chi connectivity index (χ2n) is 5.46. The molecule has 8 heteroatoms. The molecule has 0 fully saturated rings. The number of nitrogens with one attached hydrogen (secondary N) is 1. The van der Waals surface area contributed by atoms with Gasteiger partial charge in [-0.1, -0.05) is 36.5 Å². The normalized spacial score (nSPS) is 10.3. The van der Waals surface area contributed by atoms with Crippen molar-refractivity contribution in [3.8, 4) is 5.75 Å². The quantitative estimate of drug-likeness (QED) is 0.368. The van der Waals surface area contributed by atoms with Gasteiger partial charge in [0.05, 0.1) is 12.0 Å². The molecule has 1 N–H and O–H groups in total. The molecule has 0 saturated carbocycles. The van der Waals surface area contributed by atoms with E-state index in [-0.39, 0.29) is 5.76 Å². The van der Waals surface area contributed by atoms with E-state index in [1.54, 1.807) is 42.5 Å². The minimum Gasteiger partial charge on any atom is -0.457 e. The first-order valence-corrected chi connectivity index (χ1v) is 8.68. The topological polar surface area (TPSA) is 71.8 Å². The van der Waals surface area contributed by atoms with Crippen molar-refractivity contribution in [1.82, 2.24) is 5.32 Å². The zero-order chi connectivity index (χ0) is 19.2. The summed E-state index contributed by atoms with van der Waals surface area (Å²) in [6.07, 6.45) is 1.39.